The van der Waals surface area contributed by atoms with Crippen LogP contribution in [0.5, 0.6) is 0 Å². The van der Waals surface area contributed by atoms with E-state index >= 15 is 0 Å². The summed E-state index contributed by atoms with van der Waals surface area (Å²) in [5.74, 6) is 1.92. The Morgan fingerprint density at radius 1 is 1.08 bits per heavy atom. The molecule has 0 radical (unpaired) electrons. The van der Waals surface area contributed by atoms with E-state index in [1.54, 1.807) is 0 Å². The zero-order chi connectivity index (χ0) is 9.10. The molecule has 0 bridgehead atoms. The molecule has 2 saturated heterocycles. The van der Waals surface area contributed by atoms with Gasteiger partial charge in [0.2, 0.25) is 0 Å². The molecule has 13 heavy (non-hydrogen) atoms. The molecule has 0 aliphatic carbocycles. The second kappa shape index (κ2) is 4.43. The van der Waals surface area contributed by atoms with Crippen LogP contribution in [-0.4, -0.2) is 38.3 Å². The first-order chi connectivity index (χ1) is 6.36. The van der Waals surface area contributed by atoms with Gasteiger partial charge in [0.25, 0.3) is 0 Å². The molecule has 2 nitrogen and oxygen atoms in total. The van der Waals surface area contributed by atoms with Crippen molar-refractivity contribution in [2.45, 2.75) is 25.7 Å². The maximum atomic E-state index is 5.40. The lowest BCUT2D eigenvalue weighted by Crippen LogP contribution is -2.37. The van der Waals surface area contributed by atoms with Crippen LogP contribution in [0, 0.1) is 11.8 Å². The summed E-state index contributed by atoms with van der Waals surface area (Å²) in [5, 5.41) is 0. The van der Waals surface area contributed by atoms with Crippen LogP contribution in [0.3, 0.4) is 0 Å². The van der Waals surface area contributed by atoms with E-state index in [1.165, 1.54) is 38.8 Å². The highest BCUT2D eigenvalue weighted by Gasteiger charge is 2.26. The predicted octanol–water partition coefficient (Wildman–Crippen LogP) is 1.75. The Hall–Kier alpha value is -0.0800. The minimum absolute atomic E-state index is 0.955. The van der Waals surface area contributed by atoms with Gasteiger partial charge in [-0.2, -0.15) is 0 Å². The fourth-order valence-corrected chi connectivity index (χ4v) is 2.78. The van der Waals surface area contributed by atoms with Crippen LogP contribution in [0.15, 0.2) is 0 Å². The van der Waals surface area contributed by atoms with Crippen LogP contribution >= 0.6 is 0 Å². The van der Waals surface area contributed by atoms with Gasteiger partial charge in [0.15, 0.2) is 0 Å². The Bertz CT molecular complexity index is 154. The summed E-state index contributed by atoms with van der Waals surface area (Å²) in [5.41, 5.74) is 0. The maximum absolute atomic E-state index is 5.40. The van der Waals surface area contributed by atoms with Crippen LogP contribution in [0.4, 0.5) is 0 Å². The van der Waals surface area contributed by atoms with Gasteiger partial charge in [-0.05, 0) is 51.1 Å². The van der Waals surface area contributed by atoms with Gasteiger partial charge in [-0.1, -0.05) is 0 Å². The minimum atomic E-state index is 0.955. The second-order valence-corrected chi connectivity index (χ2v) is 4.61. The van der Waals surface area contributed by atoms with Crippen molar-refractivity contribution in [3.8, 4) is 0 Å². The average Bonchev–Trinajstić information content (AvgIpc) is 2.19. The summed E-state index contributed by atoms with van der Waals surface area (Å²) < 4.78 is 5.40. The number of ether oxygens (including phenoxy) is 1. The molecule has 2 aliphatic heterocycles. The molecule has 0 aromatic carbocycles. The molecule has 2 fully saturated rings. The Labute approximate surface area is 81.3 Å². The molecule has 1 atom stereocenters. The third-order valence-electron chi connectivity index (χ3n) is 3.59. The van der Waals surface area contributed by atoms with Crippen LogP contribution < -0.4 is 0 Å². The highest BCUT2D eigenvalue weighted by molar-refractivity contribution is 4.78. The largest absolute Gasteiger partial charge is 0.381 e. The van der Waals surface area contributed by atoms with Gasteiger partial charge in [-0.25, -0.2) is 0 Å². The Morgan fingerprint density at radius 2 is 1.85 bits per heavy atom. The van der Waals surface area contributed by atoms with E-state index in [0.717, 1.165) is 25.0 Å². The molecule has 0 aromatic heterocycles. The predicted molar refractivity (Wildman–Crippen MR) is 53.8 cm³/mol. The fourth-order valence-electron chi connectivity index (χ4n) is 2.78. The third-order valence-corrected chi connectivity index (χ3v) is 3.59. The first kappa shape index (κ1) is 9.47. The summed E-state index contributed by atoms with van der Waals surface area (Å²) in [6.07, 6.45) is 5.46. The van der Waals surface area contributed by atoms with E-state index in [2.05, 4.69) is 11.9 Å². The second-order valence-electron chi connectivity index (χ2n) is 4.61. The number of piperidine rings is 1. The summed E-state index contributed by atoms with van der Waals surface area (Å²) in [6.45, 7) is 4.64. The Morgan fingerprint density at radius 3 is 2.54 bits per heavy atom. The molecular formula is C11H21NO. The smallest absolute Gasteiger partial charge is 0.0468 e. The van der Waals surface area contributed by atoms with Crippen LogP contribution in [-0.2, 0) is 4.74 Å². The van der Waals surface area contributed by atoms with Crippen LogP contribution in [0.1, 0.15) is 25.7 Å². The molecule has 2 heterocycles. The Kier molecular flexibility index (Phi) is 3.23. The number of likely N-dealkylation sites (tertiary alicyclic amines) is 1. The topological polar surface area (TPSA) is 12.5 Å². The van der Waals surface area contributed by atoms with E-state index in [4.69, 9.17) is 4.74 Å². The number of hydrogen-bond donors (Lipinski definition) is 0. The molecule has 0 unspecified atom stereocenters. The summed E-state index contributed by atoms with van der Waals surface area (Å²) >= 11 is 0. The molecule has 0 spiro atoms. The van der Waals surface area contributed by atoms with Gasteiger partial charge in [-0.3, -0.25) is 0 Å². The fraction of sp³-hybridized carbons (Fsp3) is 1.00. The lowest BCUT2D eigenvalue weighted by Gasteiger charge is -2.36. The molecule has 0 aromatic rings. The van der Waals surface area contributed by atoms with E-state index in [9.17, 15) is 0 Å². The molecule has 0 N–H and O–H groups in total. The van der Waals surface area contributed by atoms with Crippen molar-refractivity contribution in [2.24, 2.45) is 11.8 Å². The quantitative estimate of drug-likeness (QED) is 0.614. The summed E-state index contributed by atoms with van der Waals surface area (Å²) in [4.78, 5) is 2.49. The third kappa shape index (κ3) is 2.44. The van der Waals surface area contributed by atoms with Crippen molar-refractivity contribution in [3.05, 3.63) is 0 Å². The van der Waals surface area contributed by atoms with E-state index in [1.807, 2.05) is 0 Å². The number of rotatable bonds is 1. The molecular weight excluding hydrogens is 162 g/mol. The van der Waals surface area contributed by atoms with E-state index < -0.39 is 0 Å². The standard InChI is InChI=1S/C11H21NO/c1-12-6-2-3-11(9-12)10-4-7-13-8-5-10/h10-11H,2-9H2,1H3/t11-/m0/s1. The van der Waals surface area contributed by atoms with Crippen LogP contribution in [0.2, 0.25) is 0 Å². The number of nitrogens with zero attached hydrogens (tertiary/aromatic N) is 1. The SMILES string of the molecule is CN1CCC[C@H](C2CCOCC2)C1. The van der Waals surface area contributed by atoms with Crippen molar-refractivity contribution in [3.63, 3.8) is 0 Å². The van der Waals surface area contributed by atoms with Crippen molar-refractivity contribution >= 4 is 0 Å². The first-order valence-corrected chi connectivity index (χ1v) is 5.62. The van der Waals surface area contributed by atoms with Crippen molar-refractivity contribution in [1.29, 1.82) is 0 Å². The first-order valence-electron chi connectivity index (χ1n) is 5.62. The zero-order valence-corrected chi connectivity index (χ0v) is 8.67. The van der Waals surface area contributed by atoms with Crippen LogP contribution in [0.25, 0.3) is 0 Å². The van der Waals surface area contributed by atoms with Crippen molar-refractivity contribution < 1.29 is 4.74 Å². The van der Waals surface area contributed by atoms with Gasteiger partial charge >= 0.3 is 0 Å². The zero-order valence-electron chi connectivity index (χ0n) is 8.67. The molecule has 0 amide bonds. The summed E-state index contributed by atoms with van der Waals surface area (Å²) in [6, 6.07) is 0. The van der Waals surface area contributed by atoms with Gasteiger partial charge in [0.05, 0.1) is 0 Å². The molecule has 2 aliphatic rings. The molecule has 76 valence electrons. The Balaban J connectivity index is 1.83. The van der Waals surface area contributed by atoms with Gasteiger partial charge in [-0.15, -0.1) is 0 Å². The lowest BCUT2D eigenvalue weighted by molar-refractivity contribution is 0.0302. The van der Waals surface area contributed by atoms with Gasteiger partial charge in [0, 0.05) is 19.8 Å². The maximum Gasteiger partial charge on any atom is 0.0468 e. The lowest BCUT2D eigenvalue weighted by atomic mass is 9.81. The van der Waals surface area contributed by atoms with Crippen molar-refractivity contribution in [1.82, 2.24) is 4.90 Å². The average molecular weight is 183 g/mol. The van der Waals surface area contributed by atoms with E-state index in [-0.39, 0.29) is 0 Å². The monoisotopic (exact) mass is 183 g/mol. The highest BCUT2D eigenvalue weighted by atomic mass is 16.5. The molecule has 2 rings (SSSR count). The summed E-state index contributed by atoms with van der Waals surface area (Å²) in [7, 11) is 2.26. The molecule has 2 heteroatoms. The van der Waals surface area contributed by atoms with Gasteiger partial charge in [0.1, 0.15) is 0 Å². The van der Waals surface area contributed by atoms with Crippen molar-refractivity contribution in [2.75, 3.05) is 33.4 Å². The highest BCUT2D eigenvalue weighted by Crippen LogP contribution is 2.30. The van der Waals surface area contributed by atoms with E-state index in [0.29, 0.717) is 0 Å². The minimum Gasteiger partial charge on any atom is -0.381 e. The normalized spacial score (nSPS) is 33.5. The number of hydrogen-bond acceptors (Lipinski definition) is 2. The molecule has 0 saturated carbocycles. The van der Waals surface area contributed by atoms with Gasteiger partial charge < -0.3 is 9.64 Å².